The van der Waals surface area contributed by atoms with Crippen molar-refractivity contribution in [1.29, 1.82) is 0 Å². The predicted octanol–water partition coefficient (Wildman–Crippen LogP) is 1.99. The highest BCUT2D eigenvalue weighted by Gasteiger charge is 2.25. The molecular formula is C20H25N7O2. The molecule has 0 unspecified atom stereocenters. The van der Waals surface area contributed by atoms with Crippen LogP contribution in [0.15, 0.2) is 30.6 Å². The third-order valence-corrected chi connectivity index (χ3v) is 4.92. The molecule has 0 N–H and O–H groups in total. The Bertz CT molecular complexity index is 992. The molecule has 1 aliphatic heterocycles. The highest BCUT2D eigenvalue weighted by Crippen LogP contribution is 2.22. The zero-order valence-corrected chi connectivity index (χ0v) is 16.9. The SMILES string of the molecule is CCn1nnc2c(N3CCN(C(=O)c4ccc(OC(C)C)cc4)CC3)ncnc21. The van der Waals surface area contributed by atoms with E-state index in [9.17, 15) is 4.79 Å². The summed E-state index contributed by atoms with van der Waals surface area (Å²) in [4.78, 5) is 25.6. The summed E-state index contributed by atoms with van der Waals surface area (Å²) in [6.07, 6.45) is 1.66. The summed E-state index contributed by atoms with van der Waals surface area (Å²) in [5, 5.41) is 8.39. The van der Waals surface area contributed by atoms with Crippen LogP contribution in [-0.4, -0.2) is 68.1 Å². The number of amides is 1. The van der Waals surface area contributed by atoms with E-state index in [4.69, 9.17) is 4.74 Å². The summed E-state index contributed by atoms with van der Waals surface area (Å²) in [5.41, 5.74) is 2.11. The van der Waals surface area contributed by atoms with Crippen molar-refractivity contribution in [3.05, 3.63) is 36.2 Å². The van der Waals surface area contributed by atoms with E-state index in [1.807, 2.05) is 49.9 Å². The predicted molar refractivity (Wildman–Crippen MR) is 109 cm³/mol. The second-order valence-electron chi connectivity index (χ2n) is 7.24. The normalized spacial score (nSPS) is 14.6. The number of fused-ring (bicyclic) bond motifs is 1. The van der Waals surface area contributed by atoms with Gasteiger partial charge < -0.3 is 14.5 Å². The maximum absolute atomic E-state index is 12.8. The molecule has 0 spiro atoms. The van der Waals surface area contributed by atoms with E-state index < -0.39 is 0 Å². The molecule has 0 atom stereocenters. The quantitative estimate of drug-likeness (QED) is 0.653. The van der Waals surface area contributed by atoms with Crippen LogP contribution in [0, 0.1) is 0 Å². The van der Waals surface area contributed by atoms with Crippen molar-refractivity contribution in [2.75, 3.05) is 31.1 Å². The van der Waals surface area contributed by atoms with Crippen molar-refractivity contribution in [3.63, 3.8) is 0 Å². The lowest BCUT2D eigenvalue weighted by Crippen LogP contribution is -2.49. The maximum Gasteiger partial charge on any atom is 0.253 e. The molecule has 3 heterocycles. The molecule has 0 bridgehead atoms. The van der Waals surface area contributed by atoms with Gasteiger partial charge in [-0.2, -0.15) is 0 Å². The number of hydrogen-bond donors (Lipinski definition) is 0. The molecule has 0 saturated carbocycles. The number of nitrogens with zero attached hydrogens (tertiary/aromatic N) is 7. The molecule has 1 aliphatic rings. The average Bonchev–Trinajstić information content (AvgIpc) is 3.17. The van der Waals surface area contributed by atoms with Crippen molar-refractivity contribution in [2.45, 2.75) is 33.4 Å². The fourth-order valence-corrected chi connectivity index (χ4v) is 3.48. The number of ether oxygens (including phenoxy) is 1. The molecule has 152 valence electrons. The lowest BCUT2D eigenvalue weighted by atomic mass is 10.1. The first-order valence-electron chi connectivity index (χ1n) is 9.92. The minimum absolute atomic E-state index is 0.0329. The third-order valence-electron chi connectivity index (χ3n) is 4.92. The first kappa shape index (κ1) is 19.1. The number of aromatic nitrogens is 5. The van der Waals surface area contributed by atoms with Crippen LogP contribution < -0.4 is 9.64 Å². The van der Waals surface area contributed by atoms with E-state index in [2.05, 4.69) is 25.2 Å². The molecule has 9 nitrogen and oxygen atoms in total. The average molecular weight is 395 g/mol. The van der Waals surface area contributed by atoms with E-state index >= 15 is 0 Å². The molecule has 0 radical (unpaired) electrons. The lowest BCUT2D eigenvalue weighted by Gasteiger charge is -2.35. The Morgan fingerprint density at radius 1 is 1.10 bits per heavy atom. The molecule has 9 heteroatoms. The van der Waals surface area contributed by atoms with Gasteiger partial charge in [-0.3, -0.25) is 4.79 Å². The summed E-state index contributed by atoms with van der Waals surface area (Å²) in [7, 11) is 0. The number of aryl methyl sites for hydroxylation is 1. The number of anilines is 1. The van der Waals surface area contributed by atoms with Crippen LogP contribution in [0.4, 0.5) is 5.82 Å². The number of carbonyl (C=O) groups is 1. The van der Waals surface area contributed by atoms with E-state index in [1.165, 1.54) is 0 Å². The van der Waals surface area contributed by atoms with Crippen molar-refractivity contribution in [2.24, 2.45) is 0 Å². The van der Waals surface area contributed by atoms with Crippen LogP contribution in [0.2, 0.25) is 0 Å². The molecule has 29 heavy (non-hydrogen) atoms. The topological polar surface area (TPSA) is 89.3 Å². The standard InChI is InChI=1S/C20H25N7O2/c1-4-27-19-17(23-24-27)18(21-13-22-19)25-9-11-26(12-10-25)20(28)15-5-7-16(8-6-15)29-14(2)3/h5-8,13-14H,4,9-12H2,1-3H3. The maximum atomic E-state index is 12.8. The molecule has 4 rings (SSSR count). The van der Waals surface area contributed by atoms with E-state index in [0.717, 1.165) is 17.2 Å². The van der Waals surface area contributed by atoms with Crippen LogP contribution in [0.1, 0.15) is 31.1 Å². The Kier molecular flexibility index (Phi) is 5.28. The first-order chi connectivity index (χ1) is 14.1. The zero-order valence-electron chi connectivity index (χ0n) is 16.9. The summed E-state index contributed by atoms with van der Waals surface area (Å²) in [6.45, 7) is 9.28. The Labute approximate surface area is 169 Å². The smallest absolute Gasteiger partial charge is 0.253 e. The summed E-state index contributed by atoms with van der Waals surface area (Å²) >= 11 is 0. The number of rotatable bonds is 5. The van der Waals surface area contributed by atoms with E-state index in [0.29, 0.717) is 43.8 Å². The number of piperazine rings is 1. The fraction of sp³-hybridized carbons (Fsp3) is 0.450. The number of carbonyl (C=O) groups excluding carboxylic acids is 1. The van der Waals surface area contributed by atoms with Crippen LogP contribution in [-0.2, 0) is 6.54 Å². The van der Waals surface area contributed by atoms with Crippen LogP contribution in [0.25, 0.3) is 11.2 Å². The highest BCUT2D eigenvalue weighted by atomic mass is 16.5. The van der Waals surface area contributed by atoms with Gasteiger partial charge in [0.1, 0.15) is 12.1 Å². The van der Waals surface area contributed by atoms with Gasteiger partial charge in [-0.25, -0.2) is 14.6 Å². The molecule has 1 fully saturated rings. The van der Waals surface area contributed by atoms with Crippen molar-refractivity contribution in [1.82, 2.24) is 29.9 Å². The lowest BCUT2D eigenvalue weighted by molar-refractivity contribution is 0.0746. The van der Waals surface area contributed by atoms with Crippen molar-refractivity contribution in [3.8, 4) is 5.75 Å². The fourth-order valence-electron chi connectivity index (χ4n) is 3.48. The molecule has 1 saturated heterocycles. The second-order valence-corrected chi connectivity index (χ2v) is 7.24. The van der Waals surface area contributed by atoms with Gasteiger partial charge in [0.05, 0.1) is 6.10 Å². The highest BCUT2D eigenvalue weighted by molar-refractivity contribution is 5.94. The van der Waals surface area contributed by atoms with Crippen molar-refractivity contribution < 1.29 is 9.53 Å². The van der Waals surface area contributed by atoms with Crippen molar-refractivity contribution >= 4 is 22.9 Å². The molecule has 1 aromatic carbocycles. The van der Waals surface area contributed by atoms with Gasteiger partial charge in [-0.15, -0.1) is 5.10 Å². The van der Waals surface area contributed by atoms with Gasteiger partial charge in [-0.1, -0.05) is 5.21 Å². The first-order valence-corrected chi connectivity index (χ1v) is 9.92. The molecular weight excluding hydrogens is 370 g/mol. The van der Waals surface area contributed by atoms with Gasteiger partial charge in [0.2, 0.25) is 0 Å². The van der Waals surface area contributed by atoms with Gasteiger partial charge >= 0.3 is 0 Å². The summed E-state index contributed by atoms with van der Waals surface area (Å²) in [6, 6.07) is 7.34. The molecule has 0 aliphatic carbocycles. The summed E-state index contributed by atoms with van der Waals surface area (Å²) in [5.74, 6) is 1.58. The zero-order chi connectivity index (χ0) is 20.4. The van der Waals surface area contributed by atoms with Gasteiger partial charge in [0.15, 0.2) is 17.0 Å². The minimum Gasteiger partial charge on any atom is -0.491 e. The second kappa shape index (κ2) is 8.02. The summed E-state index contributed by atoms with van der Waals surface area (Å²) < 4.78 is 7.40. The van der Waals surface area contributed by atoms with Crippen LogP contribution in [0.5, 0.6) is 5.75 Å². The number of benzene rings is 1. The molecule has 3 aromatic rings. The van der Waals surface area contributed by atoms with Gasteiger partial charge in [0, 0.05) is 38.3 Å². The van der Waals surface area contributed by atoms with Crippen LogP contribution >= 0.6 is 0 Å². The van der Waals surface area contributed by atoms with Crippen LogP contribution in [0.3, 0.4) is 0 Å². The van der Waals surface area contributed by atoms with E-state index in [-0.39, 0.29) is 12.0 Å². The molecule has 2 aromatic heterocycles. The minimum atomic E-state index is 0.0329. The van der Waals surface area contributed by atoms with Gasteiger partial charge in [-0.05, 0) is 45.0 Å². The van der Waals surface area contributed by atoms with E-state index in [1.54, 1.807) is 11.0 Å². The van der Waals surface area contributed by atoms with Gasteiger partial charge in [0.25, 0.3) is 5.91 Å². The monoisotopic (exact) mass is 395 g/mol. The largest absolute Gasteiger partial charge is 0.491 e. The Hall–Kier alpha value is -3.23. The molecule has 1 amide bonds. The Morgan fingerprint density at radius 2 is 1.83 bits per heavy atom. The Balaban J connectivity index is 1.43. The Morgan fingerprint density at radius 3 is 2.48 bits per heavy atom. The number of hydrogen-bond acceptors (Lipinski definition) is 7. The third kappa shape index (κ3) is 3.85.